The second-order valence-electron chi connectivity index (χ2n) is 4.47. The predicted molar refractivity (Wildman–Crippen MR) is 68.8 cm³/mol. The number of hydrogen-bond acceptors (Lipinski definition) is 2. The van der Waals surface area contributed by atoms with Crippen LogP contribution in [0, 0.1) is 0 Å². The van der Waals surface area contributed by atoms with Crippen molar-refractivity contribution in [3.05, 3.63) is 34.9 Å². The minimum absolute atomic E-state index is 0.0198. The van der Waals surface area contributed by atoms with Gasteiger partial charge in [0.1, 0.15) is 0 Å². The molecule has 2 N–H and O–H groups in total. The molecule has 0 aromatic heterocycles. The highest BCUT2D eigenvalue weighted by Gasteiger charge is 2.26. The topological polar surface area (TPSA) is 35.2 Å². The average molecular weight is 242 g/mol. The Balaban J connectivity index is 2.63. The molecular weight excluding hydrogens is 222 g/mol. The Morgan fingerprint density at radius 1 is 1.31 bits per heavy atom. The Morgan fingerprint density at radius 3 is 2.38 bits per heavy atom. The molecule has 0 saturated carbocycles. The zero-order chi connectivity index (χ0) is 12.2. The SMILES string of the molecule is CCOC(C)(C)C(N)Cc1ccc(Cl)cc1. The summed E-state index contributed by atoms with van der Waals surface area (Å²) in [5.41, 5.74) is 7.04. The van der Waals surface area contributed by atoms with Crippen LogP contribution in [0.1, 0.15) is 26.3 Å². The van der Waals surface area contributed by atoms with E-state index in [9.17, 15) is 0 Å². The van der Waals surface area contributed by atoms with Gasteiger partial charge in [-0.3, -0.25) is 0 Å². The van der Waals surface area contributed by atoms with Crippen LogP contribution in [0.3, 0.4) is 0 Å². The van der Waals surface area contributed by atoms with E-state index in [-0.39, 0.29) is 11.6 Å². The number of nitrogens with two attached hydrogens (primary N) is 1. The van der Waals surface area contributed by atoms with Crippen molar-refractivity contribution in [1.82, 2.24) is 0 Å². The van der Waals surface area contributed by atoms with Crippen molar-refractivity contribution in [2.75, 3.05) is 6.61 Å². The van der Waals surface area contributed by atoms with Crippen LogP contribution >= 0.6 is 11.6 Å². The van der Waals surface area contributed by atoms with Crippen molar-refractivity contribution in [2.45, 2.75) is 38.8 Å². The van der Waals surface area contributed by atoms with E-state index in [4.69, 9.17) is 22.1 Å². The van der Waals surface area contributed by atoms with Gasteiger partial charge in [0.25, 0.3) is 0 Å². The van der Waals surface area contributed by atoms with Gasteiger partial charge in [-0.05, 0) is 44.9 Å². The van der Waals surface area contributed by atoms with Crippen molar-refractivity contribution in [2.24, 2.45) is 5.73 Å². The van der Waals surface area contributed by atoms with E-state index < -0.39 is 0 Å². The fourth-order valence-electron chi connectivity index (χ4n) is 1.60. The third kappa shape index (κ3) is 3.78. The molecule has 0 saturated heterocycles. The van der Waals surface area contributed by atoms with E-state index in [2.05, 4.69) is 0 Å². The molecule has 1 aromatic rings. The molecule has 0 fully saturated rings. The zero-order valence-electron chi connectivity index (χ0n) is 10.2. The molecule has 1 unspecified atom stereocenters. The van der Waals surface area contributed by atoms with Crippen LogP contribution in [0.15, 0.2) is 24.3 Å². The summed E-state index contributed by atoms with van der Waals surface area (Å²) < 4.78 is 5.64. The molecule has 0 aliphatic heterocycles. The lowest BCUT2D eigenvalue weighted by Gasteiger charge is -2.31. The van der Waals surface area contributed by atoms with Crippen LogP contribution in [0.5, 0.6) is 0 Å². The minimum atomic E-state index is -0.297. The summed E-state index contributed by atoms with van der Waals surface area (Å²) in [7, 11) is 0. The molecule has 0 amide bonds. The fraction of sp³-hybridized carbons (Fsp3) is 0.538. The standard InChI is InChI=1S/C13H20ClNO/c1-4-16-13(2,3)12(15)9-10-5-7-11(14)8-6-10/h5-8,12H,4,9,15H2,1-3H3. The van der Waals surface area contributed by atoms with Crippen LogP contribution in [0.25, 0.3) is 0 Å². The number of hydrogen-bond donors (Lipinski definition) is 1. The average Bonchev–Trinajstić information content (AvgIpc) is 2.21. The Morgan fingerprint density at radius 2 is 1.88 bits per heavy atom. The number of rotatable bonds is 5. The van der Waals surface area contributed by atoms with Crippen molar-refractivity contribution in [1.29, 1.82) is 0 Å². The molecule has 0 aliphatic rings. The molecule has 1 rings (SSSR count). The maximum atomic E-state index is 6.15. The van der Waals surface area contributed by atoms with Gasteiger partial charge in [-0.1, -0.05) is 23.7 Å². The first-order valence-corrected chi connectivity index (χ1v) is 5.97. The van der Waals surface area contributed by atoms with Gasteiger partial charge < -0.3 is 10.5 Å². The smallest absolute Gasteiger partial charge is 0.0779 e. The monoisotopic (exact) mass is 241 g/mol. The van der Waals surface area contributed by atoms with Gasteiger partial charge in [-0.25, -0.2) is 0 Å². The summed E-state index contributed by atoms with van der Waals surface area (Å²) in [4.78, 5) is 0. The minimum Gasteiger partial charge on any atom is -0.374 e. The Kier molecular flexibility index (Phi) is 4.78. The van der Waals surface area contributed by atoms with Gasteiger partial charge in [0, 0.05) is 17.7 Å². The molecule has 0 radical (unpaired) electrons. The molecule has 2 nitrogen and oxygen atoms in total. The normalized spacial score (nSPS) is 13.8. The van der Waals surface area contributed by atoms with Crippen molar-refractivity contribution in [3.63, 3.8) is 0 Å². The van der Waals surface area contributed by atoms with E-state index >= 15 is 0 Å². The molecule has 0 bridgehead atoms. The first kappa shape index (κ1) is 13.5. The van der Waals surface area contributed by atoms with Gasteiger partial charge in [0.2, 0.25) is 0 Å². The van der Waals surface area contributed by atoms with Gasteiger partial charge in [-0.2, -0.15) is 0 Å². The highest BCUT2D eigenvalue weighted by Crippen LogP contribution is 2.18. The van der Waals surface area contributed by atoms with Gasteiger partial charge in [0.05, 0.1) is 5.60 Å². The first-order chi connectivity index (χ1) is 7.45. The molecule has 0 aliphatic carbocycles. The summed E-state index contributed by atoms with van der Waals surface area (Å²) in [5, 5.41) is 0.751. The highest BCUT2D eigenvalue weighted by atomic mass is 35.5. The molecule has 0 spiro atoms. The van der Waals surface area contributed by atoms with E-state index in [1.54, 1.807) is 0 Å². The van der Waals surface area contributed by atoms with E-state index in [0.29, 0.717) is 6.61 Å². The first-order valence-electron chi connectivity index (χ1n) is 5.59. The quantitative estimate of drug-likeness (QED) is 0.860. The molecule has 3 heteroatoms. The van der Waals surface area contributed by atoms with Gasteiger partial charge >= 0.3 is 0 Å². The van der Waals surface area contributed by atoms with Crippen LogP contribution in [-0.4, -0.2) is 18.2 Å². The fourth-order valence-corrected chi connectivity index (χ4v) is 1.73. The number of benzene rings is 1. The van der Waals surface area contributed by atoms with Crippen molar-refractivity contribution in [3.8, 4) is 0 Å². The molecule has 90 valence electrons. The van der Waals surface area contributed by atoms with Crippen LogP contribution in [-0.2, 0) is 11.2 Å². The van der Waals surface area contributed by atoms with Gasteiger partial charge in [-0.15, -0.1) is 0 Å². The van der Waals surface area contributed by atoms with Crippen molar-refractivity contribution < 1.29 is 4.74 Å². The highest BCUT2D eigenvalue weighted by molar-refractivity contribution is 6.30. The maximum absolute atomic E-state index is 6.15. The molecule has 1 atom stereocenters. The maximum Gasteiger partial charge on any atom is 0.0779 e. The molecular formula is C13H20ClNO. The zero-order valence-corrected chi connectivity index (χ0v) is 10.9. The summed E-state index contributed by atoms with van der Waals surface area (Å²) >= 11 is 5.83. The summed E-state index contributed by atoms with van der Waals surface area (Å²) in [5.74, 6) is 0. The number of ether oxygens (including phenoxy) is 1. The molecule has 0 heterocycles. The van der Waals surface area contributed by atoms with Crippen LogP contribution in [0.4, 0.5) is 0 Å². The van der Waals surface area contributed by atoms with Gasteiger partial charge in [0.15, 0.2) is 0 Å². The van der Waals surface area contributed by atoms with Crippen LogP contribution in [0.2, 0.25) is 5.02 Å². The second-order valence-corrected chi connectivity index (χ2v) is 4.91. The molecule has 1 aromatic carbocycles. The molecule has 16 heavy (non-hydrogen) atoms. The van der Waals surface area contributed by atoms with E-state index in [1.165, 1.54) is 5.56 Å². The van der Waals surface area contributed by atoms with E-state index in [1.807, 2.05) is 45.0 Å². The Labute approximate surface area is 103 Å². The lowest BCUT2D eigenvalue weighted by Crippen LogP contribution is -2.46. The largest absolute Gasteiger partial charge is 0.374 e. The predicted octanol–water partition coefficient (Wildman–Crippen LogP) is 3.02. The lowest BCUT2D eigenvalue weighted by atomic mass is 9.93. The Bertz CT molecular complexity index is 321. The lowest BCUT2D eigenvalue weighted by molar-refractivity contribution is -0.0288. The Hall–Kier alpha value is -0.570. The van der Waals surface area contributed by atoms with Crippen LogP contribution < -0.4 is 5.73 Å². The third-order valence-corrected chi connectivity index (χ3v) is 3.03. The van der Waals surface area contributed by atoms with E-state index in [0.717, 1.165) is 11.4 Å². The second kappa shape index (κ2) is 5.67. The number of halogens is 1. The third-order valence-electron chi connectivity index (χ3n) is 2.78. The van der Waals surface area contributed by atoms with Crippen molar-refractivity contribution >= 4 is 11.6 Å². The summed E-state index contributed by atoms with van der Waals surface area (Å²) in [6.07, 6.45) is 0.796. The summed E-state index contributed by atoms with van der Waals surface area (Å²) in [6.45, 7) is 6.71. The summed E-state index contributed by atoms with van der Waals surface area (Å²) in [6, 6.07) is 7.76.